The van der Waals surface area contributed by atoms with Crippen LogP contribution in [-0.4, -0.2) is 21.7 Å². The number of rotatable bonds is 6. The number of nitrogens with zero attached hydrogens (tertiary/aromatic N) is 2. The Balaban J connectivity index is 2.16. The summed E-state index contributed by atoms with van der Waals surface area (Å²) < 4.78 is 19.8. The Kier molecular flexibility index (Phi) is 4.78. The number of aliphatic hydroxyl groups is 1. The molecule has 0 aliphatic carbocycles. The van der Waals surface area contributed by atoms with E-state index in [1.807, 2.05) is 13.8 Å². The molecule has 0 radical (unpaired) electrons. The Bertz CT molecular complexity index is 852. The molecule has 0 fully saturated rings. The molecule has 0 spiro atoms. The van der Waals surface area contributed by atoms with Crippen LogP contribution in [0.25, 0.3) is 10.2 Å². The minimum Gasteiger partial charge on any atom is -0.493 e. The summed E-state index contributed by atoms with van der Waals surface area (Å²) in [4.78, 5) is 8.69. The number of ether oxygens (including phenoxy) is 1. The molecule has 24 heavy (non-hydrogen) atoms. The molecule has 126 valence electrons. The Morgan fingerprint density at radius 1 is 1.29 bits per heavy atom. The van der Waals surface area contributed by atoms with Crippen LogP contribution >= 0.6 is 11.3 Å². The van der Waals surface area contributed by atoms with Crippen molar-refractivity contribution in [1.29, 1.82) is 0 Å². The summed E-state index contributed by atoms with van der Waals surface area (Å²) in [7, 11) is 0. The van der Waals surface area contributed by atoms with Crippen LogP contribution in [0.3, 0.4) is 0 Å². The van der Waals surface area contributed by atoms with Gasteiger partial charge in [-0.3, -0.25) is 4.98 Å². The molecule has 2 heterocycles. The first-order valence-corrected chi connectivity index (χ1v) is 8.76. The first kappa shape index (κ1) is 16.8. The van der Waals surface area contributed by atoms with Crippen LogP contribution in [-0.2, 0) is 5.60 Å². The lowest BCUT2D eigenvalue weighted by Gasteiger charge is -2.27. The lowest BCUT2D eigenvalue weighted by atomic mass is 9.90. The topological polar surface area (TPSA) is 55.2 Å². The molecule has 4 nitrogen and oxygen atoms in total. The summed E-state index contributed by atoms with van der Waals surface area (Å²) in [5, 5.41) is 12.0. The molecule has 0 saturated heterocycles. The number of benzene rings is 1. The largest absolute Gasteiger partial charge is 0.493 e. The Morgan fingerprint density at radius 3 is 2.88 bits per heavy atom. The van der Waals surface area contributed by atoms with Crippen LogP contribution in [0.5, 0.6) is 5.75 Å². The molecule has 0 amide bonds. The maximum Gasteiger partial charge on any atom is 0.146 e. The maximum absolute atomic E-state index is 13.5. The van der Waals surface area contributed by atoms with E-state index in [1.54, 1.807) is 24.5 Å². The van der Waals surface area contributed by atoms with E-state index in [9.17, 15) is 9.50 Å². The van der Waals surface area contributed by atoms with E-state index >= 15 is 0 Å². The van der Waals surface area contributed by atoms with Gasteiger partial charge < -0.3 is 9.84 Å². The average molecular weight is 346 g/mol. The number of hydrogen-bond acceptors (Lipinski definition) is 5. The minimum atomic E-state index is -1.31. The quantitative estimate of drug-likeness (QED) is 0.724. The summed E-state index contributed by atoms with van der Waals surface area (Å²) in [6, 6.07) is 6.19. The second-order valence-corrected chi connectivity index (χ2v) is 6.58. The molecule has 0 aliphatic rings. The zero-order chi connectivity index (χ0) is 17.2. The number of pyridine rings is 1. The van der Waals surface area contributed by atoms with Crippen molar-refractivity contribution < 1.29 is 14.2 Å². The zero-order valence-electron chi connectivity index (χ0n) is 13.6. The lowest BCUT2D eigenvalue weighted by Crippen LogP contribution is -2.28. The smallest absolute Gasteiger partial charge is 0.146 e. The molecule has 1 aromatic carbocycles. The maximum atomic E-state index is 13.5. The fraction of sp³-hybridized carbons (Fsp3) is 0.333. The van der Waals surface area contributed by atoms with Crippen LogP contribution in [0.15, 0.2) is 36.7 Å². The van der Waals surface area contributed by atoms with Crippen LogP contribution in [0.1, 0.15) is 37.3 Å². The van der Waals surface area contributed by atoms with Gasteiger partial charge in [-0.25, -0.2) is 9.37 Å². The highest BCUT2D eigenvalue weighted by Crippen LogP contribution is 2.41. The van der Waals surface area contributed by atoms with Gasteiger partial charge in [0.25, 0.3) is 0 Å². The van der Waals surface area contributed by atoms with E-state index in [4.69, 9.17) is 4.74 Å². The van der Waals surface area contributed by atoms with Crippen molar-refractivity contribution in [2.75, 3.05) is 6.61 Å². The number of hydrogen-bond donors (Lipinski definition) is 1. The van der Waals surface area contributed by atoms with E-state index < -0.39 is 5.60 Å². The number of fused-ring (bicyclic) bond motifs is 1. The first-order valence-electron chi connectivity index (χ1n) is 7.94. The number of aromatic nitrogens is 2. The fourth-order valence-electron chi connectivity index (χ4n) is 2.77. The molecule has 0 bridgehead atoms. The molecule has 3 rings (SSSR count). The molecular formula is C18H19FN2O2S. The zero-order valence-corrected chi connectivity index (χ0v) is 14.4. The third-order valence-electron chi connectivity index (χ3n) is 3.84. The van der Waals surface area contributed by atoms with E-state index in [0.717, 1.165) is 6.42 Å². The normalized spacial score (nSPS) is 13.8. The van der Waals surface area contributed by atoms with Gasteiger partial charge in [0, 0.05) is 12.4 Å². The molecule has 2 aromatic heterocycles. The number of halogens is 1. The molecule has 0 saturated carbocycles. The SMILES string of the molecule is CCCC(O)(c1nc2ccc(F)cc2s1)c1cnccc1OCC. The molecule has 1 atom stereocenters. The van der Waals surface area contributed by atoms with Crippen LogP contribution < -0.4 is 4.74 Å². The summed E-state index contributed by atoms with van der Waals surface area (Å²) in [5.74, 6) is 0.280. The van der Waals surface area contributed by atoms with Gasteiger partial charge in [0.15, 0.2) is 0 Å². The van der Waals surface area contributed by atoms with Gasteiger partial charge in [-0.15, -0.1) is 11.3 Å². The summed E-state index contributed by atoms with van der Waals surface area (Å²) >= 11 is 1.30. The third kappa shape index (κ3) is 2.99. The molecule has 1 N–H and O–H groups in total. The second kappa shape index (κ2) is 6.83. The van der Waals surface area contributed by atoms with Crippen molar-refractivity contribution in [2.24, 2.45) is 0 Å². The average Bonchev–Trinajstić information content (AvgIpc) is 2.99. The van der Waals surface area contributed by atoms with Gasteiger partial charge in [-0.05, 0) is 37.6 Å². The van der Waals surface area contributed by atoms with E-state index in [0.29, 0.717) is 39.6 Å². The van der Waals surface area contributed by atoms with Crippen molar-refractivity contribution in [1.82, 2.24) is 9.97 Å². The summed E-state index contributed by atoms with van der Waals surface area (Å²) in [5.41, 5.74) is -0.0470. The standard InChI is InChI=1S/C18H19FN2O2S/c1-3-8-18(22,13-11-20-9-7-15(13)23-4-2)17-21-14-6-5-12(19)10-16(14)24-17/h5-7,9-11,22H,3-4,8H2,1-2H3. The number of thiazole rings is 1. The molecule has 3 aromatic rings. The highest BCUT2D eigenvalue weighted by atomic mass is 32.1. The van der Waals surface area contributed by atoms with Crippen molar-refractivity contribution in [3.63, 3.8) is 0 Å². The Labute approximate surface area is 144 Å². The second-order valence-electron chi connectivity index (χ2n) is 5.55. The van der Waals surface area contributed by atoms with Gasteiger partial charge in [0.1, 0.15) is 22.2 Å². The van der Waals surface area contributed by atoms with Gasteiger partial charge in [-0.1, -0.05) is 13.3 Å². The van der Waals surface area contributed by atoms with Crippen LogP contribution in [0.4, 0.5) is 4.39 Å². The van der Waals surface area contributed by atoms with Crippen LogP contribution in [0.2, 0.25) is 0 Å². The Morgan fingerprint density at radius 2 is 2.12 bits per heavy atom. The monoisotopic (exact) mass is 346 g/mol. The van der Waals surface area contributed by atoms with E-state index in [1.165, 1.54) is 23.5 Å². The van der Waals surface area contributed by atoms with E-state index in [-0.39, 0.29) is 5.82 Å². The Hall–Kier alpha value is -2.05. The van der Waals surface area contributed by atoms with Crippen molar-refractivity contribution in [3.05, 3.63) is 53.0 Å². The minimum absolute atomic E-state index is 0.312. The summed E-state index contributed by atoms with van der Waals surface area (Å²) in [6.45, 7) is 4.38. The molecule has 0 aliphatic heterocycles. The van der Waals surface area contributed by atoms with Gasteiger partial charge in [0.05, 0.1) is 22.4 Å². The van der Waals surface area contributed by atoms with Gasteiger partial charge in [0.2, 0.25) is 0 Å². The predicted molar refractivity (Wildman–Crippen MR) is 92.9 cm³/mol. The van der Waals surface area contributed by atoms with Crippen LogP contribution in [0, 0.1) is 5.82 Å². The highest BCUT2D eigenvalue weighted by Gasteiger charge is 2.37. The van der Waals surface area contributed by atoms with E-state index in [2.05, 4.69) is 9.97 Å². The third-order valence-corrected chi connectivity index (χ3v) is 5.01. The molecular weight excluding hydrogens is 327 g/mol. The van der Waals surface area contributed by atoms with Gasteiger partial charge >= 0.3 is 0 Å². The molecule has 6 heteroatoms. The summed E-state index contributed by atoms with van der Waals surface area (Å²) in [6.07, 6.45) is 4.48. The predicted octanol–water partition coefficient (Wildman–Crippen LogP) is 4.27. The molecule has 1 unspecified atom stereocenters. The first-order chi connectivity index (χ1) is 11.6. The van der Waals surface area contributed by atoms with Gasteiger partial charge in [-0.2, -0.15) is 0 Å². The lowest BCUT2D eigenvalue weighted by molar-refractivity contribution is 0.0663. The fourth-order valence-corrected chi connectivity index (χ4v) is 3.89. The van der Waals surface area contributed by atoms with Crippen molar-refractivity contribution in [3.8, 4) is 5.75 Å². The van der Waals surface area contributed by atoms with Crippen molar-refractivity contribution >= 4 is 21.6 Å². The van der Waals surface area contributed by atoms with Crippen molar-refractivity contribution in [2.45, 2.75) is 32.3 Å². The highest BCUT2D eigenvalue weighted by molar-refractivity contribution is 7.18.